The Hall–Kier alpha value is -2.37. The summed E-state index contributed by atoms with van der Waals surface area (Å²) in [5.41, 5.74) is 2.11. The van der Waals surface area contributed by atoms with E-state index >= 15 is 0 Å². The minimum Gasteiger partial charge on any atom is -0.355 e. The van der Waals surface area contributed by atoms with Gasteiger partial charge < -0.3 is 10.2 Å². The summed E-state index contributed by atoms with van der Waals surface area (Å²) in [6, 6.07) is 15.2. The first-order chi connectivity index (χ1) is 14.0. The molecule has 1 fully saturated rings. The molecule has 2 aromatic rings. The van der Waals surface area contributed by atoms with E-state index in [0.29, 0.717) is 36.0 Å². The first-order valence-corrected chi connectivity index (χ1v) is 10.3. The molecule has 1 aliphatic rings. The van der Waals surface area contributed by atoms with E-state index in [1.165, 1.54) is 4.90 Å². The SMILES string of the molecule is O=C(NCCCc1ccc(Cl)c(Cl)c1)C1CN(CCc2ccccc2)C(=O)C1=O. The molecule has 0 spiro atoms. The number of benzene rings is 2. The predicted octanol–water partition coefficient (Wildman–Crippen LogP) is 3.31. The molecule has 0 aromatic heterocycles. The van der Waals surface area contributed by atoms with Gasteiger partial charge in [0.05, 0.1) is 10.0 Å². The maximum absolute atomic E-state index is 12.4. The maximum Gasteiger partial charge on any atom is 0.290 e. The Morgan fingerprint density at radius 1 is 1.00 bits per heavy atom. The maximum atomic E-state index is 12.4. The van der Waals surface area contributed by atoms with Gasteiger partial charge in [0, 0.05) is 19.6 Å². The largest absolute Gasteiger partial charge is 0.355 e. The minimum absolute atomic E-state index is 0.142. The van der Waals surface area contributed by atoms with E-state index in [9.17, 15) is 14.4 Å². The molecule has 2 amide bonds. The third-order valence-electron chi connectivity index (χ3n) is 4.97. The molecule has 0 radical (unpaired) electrons. The van der Waals surface area contributed by atoms with Crippen molar-refractivity contribution in [1.82, 2.24) is 10.2 Å². The highest BCUT2D eigenvalue weighted by atomic mass is 35.5. The average Bonchev–Trinajstić information content (AvgIpc) is 3.01. The summed E-state index contributed by atoms with van der Waals surface area (Å²) in [7, 11) is 0. The lowest BCUT2D eigenvalue weighted by atomic mass is 10.1. The molecule has 2 aromatic carbocycles. The standard InChI is InChI=1S/C22H22Cl2N2O3/c23-18-9-8-16(13-19(18)24)7-4-11-25-21(28)17-14-26(22(29)20(17)27)12-10-15-5-2-1-3-6-15/h1-3,5-6,8-9,13,17H,4,7,10-12,14H2,(H,25,28). The van der Waals surface area contributed by atoms with Crippen LogP contribution in [-0.4, -0.2) is 42.1 Å². The Labute approximate surface area is 180 Å². The molecular weight excluding hydrogens is 411 g/mol. The average molecular weight is 433 g/mol. The van der Waals surface area contributed by atoms with Gasteiger partial charge in [-0.1, -0.05) is 59.6 Å². The van der Waals surface area contributed by atoms with Crippen molar-refractivity contribution in [2.24, 2.45) is 5.92 Å². The molecule has 3 rings (SSSR count). The van der Waals surface area contributed by atoms with Crippen molar-refractivity contribution < 1.29 is 14.4 Å². The highest BCUT2D eigenvalue weighted by molar-refractivity contribution is 6.42. The lowest BCUT2D eigenvalue weighted by molar-refractivity contribution is -0.142. The molecule has 1 unspecified atom stereocenters. The molecule has 1 heterocycles. The van der Waals surface area contributed by atoms with Crippen molar-refractivity contribution in [3.63, 3.8) is 0 Å². The molecular formula is C22H22Cl2N2O3. The lowest BCUT2D eigenvalue weighted by Gasteiger charge is -2.15. The quantitative estimate of drug-likeness (QED) is 0.395. The van der Waals surface area contributed by atoms with Crippen LogP contribution in [0.1, 0.15) is 17.5 Å². The van der Waals surface area contributed by atoms with Gasteiger partial charge >= 0.3 is 0 Å². The molecule has 0 aliphatic carbocycles. The summed E-state index contributed by atoms with van der Waals surface area (Å²) in [4.78, 5) is 38.3. The number of amides is 2. The van der Waals surface area contributed by atoms with Gasteiger partial charge in [-0.25, -0.2) is 0 Å². The number of hydrogen-bond donors (Lipinski definition) is 1. The second-order valence-corrected chi connectivity index (χ2v) is 7.86. The van der Waals surface area contributed by atoms with Gasteiger partial charge in [-0.2, -0.15) is 0 Å². The monoisotopic (exact) mass is 432 g/mol. The van der Waals surface area contributed by atoms with Crippen LogP contribution in [0, 0.1) is 5.92 Å². The van der Waals surface area contributed by atoms with Crippen LogP contribution in [0.3, 0.4) is 0 Å². The van der Waals surface area contributed by atoms with Crippen molar-refractivity contribution in [2.45, 2.75) is 19.3 Å². The molecule has 152 valence electrons. The number of likely N-dealkylation sites (tertiary alicyclic amines) is 1. The number of Topliss-reactive ketones (excluding diaryl/α,β-unsaturated/α-hetero) is 1. The second-order valence-electron chi connectivity index (χ2n) is 7.05. The number of rotatable bonds is 8. The zero-order chi connectivity index (χ0) is 20.8. The van der Waals surface area contributed by atoms with E-state index in [1.54, 1.807) is 12.1 Å². The number of hydrogen-bond acceptors (Lipinski definition) is 3. The van der Waals surface area contributed by atoms with Gasteiger partial charge in [-0.05, 0) is 42.5 Å². The van der Waals surface area contributed by atoms with Crippen molar-refractivity contribution in [3.05, 3.63) is 69.7 Å². The summed E-state index contributed by atoms with van der Waals surface area (Å²) >= 11 is 11.9. The normalized spacial score (nSPS) is 16.3. The molecule has 0 saturated carbocycles. The third kappa shape index (κ3) is 5.58. The molecule has 5 nitrogen and oxygen atoms in total. The Kier molecular flexibility index (Phi) is 7.29. The van der Waals surface area contributed by atoms with Crippen LogP contribution in [0.2, 0.25) is 10.0 Å². The van der Waals surface area contributed by atoms with E-state index in [1.807, 2.05) is 36.4 Å². The fourth-order valence-corrected chi connectivity index (χ4v) is 3.64. The molecule has 0 bridgehead atoms. The molecule has 1 saturated heterocycles. The van der Waals surface area contributed by atoms with Crippen LogP contribution in [0.15, 0.2) is 48.5 Å². The number of carbonyl (C=O) groups excluding carboxylic acids is 3. The molecule has 1 N–H and O–H groups in total. The van der Waals surface area contributed by atoms with Crippen molar-refractivity contribution in [3.8, 4) is 0 Å². The summed E-state index contributed by atoms with van der Waals surface area (Å²) < 4.78 is 0. The molecule has 1 atom stereocenters. The number of nitrogens with one attached hydrogen (secondary N) is 1. The Morgan fingerprint density at radius 3 is 2.48 bits per heavy atom. The van der Waals surface area contributed by atoms with Crippen molar-refractivity contribution in [2.75, 3.05) is 19.6 Å². The first-order valence-electron chi connectivity index (χ1n) is 9.54. The number of ketones is 1. The summed E-state index contributed by atoms with van der Waals surface area (Å²) in [5.74, 6) is -2.51. The van der Waals surface area contributed by atoms with Gasteiger partial charge in [0.15, 0.2) is 0 Å². The smallest absolute Gasteiger partial charge is 0.290 e. The molecule has 1 aliphatic heterocycles. The zero-order valence-electron chi connectivity index (χ0n) is 15.9. The third-order valence-corrected chi connectivity index (χ3v) is 5.71. The topological polar surface area (TPSA) is 66.5 Å². The molecule has 7 heteroatoms. The number of nitrogens with zero attached hydrogens (tertiary/aromatic N) is 1. The fraction of sp³-hybridized carbons (Fsp3) is 0.318. The van der Waals surface area contributed by atoms with Crippen LogP contribution >= 0.6 is 23.2 Å². The van der Waals surface area contributed by atoms with Crippen molar-refractivity contribution in [1.29, 1.82) is 0 Å². The highest BCUT2D eigenvalue weighted by Crippen LogP contribution is 2.23. The van der Waals surface area contributed by atoms with E-state index < -0.39 is 17.6 Å². The van der Waals surface area contributed by atoms with Crippen molar-refractivity contribution >= 4 is 40.8 Å². The van der Waals surface area contributed by atoms with Gasteiger partial charge in [0.2, 0.25) is 11.7 Å². The highest BCUT2D eigenvalue weighted by Gasteiger charge is 2.42. The summed E-state index contributed by atoms with van der Waals surface area (Å²) in [6.45, 7) is 0.986. The number of halogens is 2. The van der Waals surface area contributed by atoms with Gasteiger partial charge in [-0.15, -0.1) is 0 Å². The summed E-state index contributed by atoms with van der Waals surface area (Å²) in [5, 5.41) is 3.77. The predicted molar refractivity (Wildman–Crippen MR) is 113 cm³/mol. The number of aryl methyl sites for hydroxylation is 1. The Morgan fingerprint density at radius 2 is 1.76 bits per heavy atom. The molecule has 29 heavy (non-hydrogen) atoms. The number of carbonyl (C=O) groups is 3. The minimum atomic E-state index is -0.928. The van der Waals surface area contributed by atoms with E-state index in [4.69, 9.17) is 23.2 Å². The van der Waals surface area contributed by atoms with Crippen LogP contribution in [0.25, 0.3) is 0 Å². The van der Waals surface area contributed by atoms with Gasteiger partial charge in [0.1, 0.15) is 5.92 Å². The lowest BCUT2D eigenvalue weighted by Crippen LogP contribution is -2.36. The van der Waals surface area contributed by atoms with Crippen LogP contribution in [0.4, 0.5) is 0 Å². The van der Waals surface area contributed by atoms with E-state index in [0.717, 1.165) is 17.5 Å². The first kappa shape index (κ1) is 21.3. The van der Waals surface area contributed by atoms with Crippen LogP contribution < -0.4 is 5.32 Å². The Balaban J connectivity index is 1.44. The zero-order valence-corrected chi connectivity index (χ0v) is 17.4. The van der Waals surface area contributed by atoms with Crippen LogP contribution in [0.5, 0.6) is 0 Å². The fourth-order valence-electron chi connectivity index (χ4n) is 3.32. The summed E-state index contributed by atoms with van der Waals surface area (Å²) in [6.07, 6.45) is 2.06. The van der Waals surface area contributed by atoms with E-state index in [2.05, 4.69) is 5.32 Å². The Bertz CT molecular complexity index is 902. The van der Waals surface area contributed by atoms with Crippen LogP contribution in [-0.2, 0) is 27.2 Å². The van der Waals surface area contributed by atoms with Gasteiger partial charge in [-0.3, -0.25) is 14.4 Å². The second kappa shape index (κ2) is 9.90. The van der Waals surface area contributed by atoms with Gasteiger partial charge in [0.25, 0.3) is 5.91 Å². The van der Waals surface area contributed by atoms with E-state index in [-0.39, 0.29) is 12.5 Å².